The summed E-state index contributed by atoms with van der Waals surface area (Å²) in [5.74, 6) is -1.31. The van der Waals surface area contributed by atoms with Gasteiger partial charge in [0.25, 0.3) is 5.91 Å². The Hall–Kier alpha value is -3.15. The molecule has 2 aromatic rings. The van der Waals surface area contributed by atoms with Crippen molar-refractivity contribution in [3.63, 3.8) is 0 Å². The van der Waals surface area contributed by atoms with Crippen LogP contribution in [0.3, 0.4) is 0 Å². The fourth-order valence-electron chi connectivity index (χ4n) is 4.30. The molecule has 2 heterocycles. The topological polar surface area (TPSA) is 66.9 Å². The number of hydrogen-bond donors (Lipinski definition) is 0. The highest BCUT2D eigenvalue weighted by Gasteiger charge is 2.38. The smallest absolute Gasteiger partial charge is 0.311 e. The molecule has 2 amide bonds. The molecule has 0 aliphatic carbocycles. The van der Waals surface area contributed by atoms with E-state index in [1.54, 1.807) is 9.80 Å². The summed E-state index contributed by atoms with van der Waals surface area (Å²) < 4.78 is 5.33. The summed E-state index contributed by atoms with van der Waals surface area (Å²) in [5, 5.41) is 0. The first-order chi connectivity index (χ1) is 14.5. The highest BCUT2D eigenvalue weighted by Crippen LogP contribution is 2.29. The maximum absolute atomic E-state index is 12.7. The van der Waals surface area contributed by atoms with Crippen LogP contribution in [0.2, 0.25) is 0 Å². The third-order valence-corrected chi connectivity index (χ3v) is 5.99. The third kappa shape index (κ3) is 4.08. The van der Waals surface area contributed by atoms with Gasteiger partial charge in [0.05, 0.1) is 12.0 Å². The predicted molar refractivity (Wildman–Crippen MR) is 113 cm³/mol. The normalized spacial score (nSPS) is 19.4. The van der Waals surface area contributed by atoms with E-state index < -0.39 is 11.9 Å². The van der Waals surface area contributed by atoms with Gasteiger partial charge in [-0.25, -0.2) is 0 Å². The zero-order chi connectivity index (χ0) is 21.1. The van der Waals surface area contributed by atoms with Crippen LogP contribution in [0.25, 0.3) is 0 Å². The number of likely N-dealkylation sites (tertiary alicyclic amines) is 1. The lowest BCUT2D eigenvalue weighted by atomic mass is 10.0. The van der Waals surface area contributed by atoms with Crippen molar-refractivity contribution in [2.45, 2.75) is 32.2 Å². The number of nitrogens with zero attached hydrogens (tertiary/aromatic N) is 2. The lowest BCUT2D eigenvalue weighted by Gasteiger charge is -2.29. The summed E-state index contributed by atoms with van der Waals surface area (Å²) in [6.07, 6.45) is 1.95. The van der Waals surface area contributed by atoms with Gasteiger partial charge in [-0.1, -0.05) is 48.5 Å². The predicted octanol–water partition coefficient (Wildman–Crippen LogP) is 3.12. The quantitative estimate of drug-likeness (QED) is 0.716. The van der Waals surface area contributed by atoms with E-state index in [1.807, 2.05) is 61.5 Å². The Bertz CT molecular complexity index is 943. The molecule has 156 valence electrons. The van der Waals surface area contributed by atoms with Gasteiger partial charge < -0.3 is 14.5 Å². The summed E-state index contributed by atoms with van der Waals surface area (Å²) in [6, 6.07) is 17.4. The van der Waals surface area contributed by atoms with Gasteiger partial charge in [0.2, 0.25) is 5.91 Å². The largest absolute Gasteiger partial charge is 0.455 e. The first-order valence-electron chi connectivity index (χ1n) is 10.4. The van der Waals surface area contributed by atoms with Crippen LogP contribution in [0.5, 0.6) is 0 Å². The Kier molecular flexibility index (Phi) is 5.84. The summed E-state index contributed by atoms with van der Waals surface area (Å²) in [4.78, 5) is 41.1. The minimum atomic E-state index is -0.537. The number of aryl methyl sites for hydroxylation is 1. The van der Waals surface area contributed by atoms with Crippen LogP contribution in [0, 0.1) is 5.92 Å². The molecule has 6 nitrogen and oxygen atoms in total. The maximum atomic E-state index is 12.7. The average molecular weight is 406 g/mol. The molecule has 0 spiro atoms. The van der Waals surface area contributed by atoms with Crippen molar-refractivity contribution in [1.29, 1.82) is 0 Å². The zero-order valence-electron chi connectivity index (χ0n) is 17.1. The molecule has 0 saturated carbocycles. The summed E-state index contributed by atoms with van der Waals surface area (Å²) in [5.41, 5.74) is 3.05. The number of para-hydroxylation sites is 1. The lowest BCUT2D eigenvalue weighted by molar-refractivity contribution is -0.151. The van der Waals surface area contributed by atoms with E-state index in [-0.39, 0.29) is 30.9 Å². The van der Waals surface area contributed by atoms with Crippen LogP contribution >= 0.6 is 0 Å². The van der Waals surface area contributed by atoms with Gasteiger partial charge in [-0.2, -0.15) is 0 Å². The molecule has 2 atom stereocenters. The SMILES string of the molecule is C[C@H](c1ccccc1)N1C[C@H](C(=O)OCC(=O)N2CCCc3ccccc32)CC1=O. The van der Waals surface area contributed by atoms with Gasteiger partial charge in [0, 0.05) is 25.2 Å². The molecule has 4 rings (SSSR count). The molecule has 0 unspecified atom stereocenters. The number of carbonyl (C=O) groups is 3. The number of carbonyl (C=O) groups excluding carboxylic acids is 3. The van der Waals surface area contributed by atoms with Crippen molar-refractivity contribution in [2.75, 3.05) is 24.6 Å². The number of amides is 2. The lowest BCUT2D eigenvalue weighted by Crippen LogP contribution is -2.39. The van der Waals surface area contributed by atoms with Crippen LogP contribution in [0.15, 0.2) is 54.6 Å². The van der Waals surface area contributed by atoms with Gasteiger partial charge in [-0.05, 0) is 37.0 Å². The second-order valence-corrected chi connectivity index (χ2v) is 7.92. The van der Waals surface area contributed by atoms with E-state index in [0.29, 0.717) is 13.1 Å². The zero-order valence-corrected chi connectivity index (χ0v) is 17.1. The first kappa shape index (κ1) is 20.1. The molecular formula is C24H26N2O4. The molecule has 6 heteroatoms. The van der Waals surface area contributed by atoms with Crippen molar-refractivity contribution in [1.82, 2.24) is 4.90 Å². The Labute approximate surface area is 176 Å². The van der Waals surface area contributed by atoms with Crippen LogP contribution in [-0.4, -0.2) is 42.4 Å². The minimum Gasteiger partial charge on any atom is -0.455 e. The van der Waals surface area contributed by atoms with Gasteiger partial charge in [0.1, 0.15) is 0 Å². The first-order valence-corrected chi connectivity index (χ1v) is 10.4. The molecule has 0 N–H and O–H groups in total. The van der Waals surface area contributed by atoms with E-state index in [4.69, 9.17) is 4.74 Å². The second-order valence-electron chi connectivity index (χ2n) is 7.92. The van der Waals surface area contributed by atoms with Crippen molar-refractivity contribution in [3.8, 4) is 0 Å². The van der Waals surface area contributed by atoms with Gasteiger partial charge in [0.15, 0.2) is 6.61 Å². The van der Waals surface area contributed by atoms with Gasteiger partial charge in [-0.15, -0.1) is 0 Å². The van der Waals surface area contributed by atoms with Gasteiger partial charge >= 0.3 is 5.97 Å². The fraction of sp³-hybridized carbons (Fsp3) is 0.375. The number of rotatable bonds is 5. The Morgan fingerprint density at radius 2 is 1.83 bits per heavy atom. The van der Waals surface area contributed by atoms with Crippen LogP contribution in [0.4, 0.5) is 5.69 Å². The van der Waals surface area contributed by atoms with E-state index >= 15 is 0 Å². The number of ether oxygens (including phenoxy) is 1. The Morgan fingerprint density at radius 3 is 2.63 bits per heavy atom. The maximum Gasteiger partial charge on any atom is 0.311 e. The highest BCUT2D eigenvalue weighted by atomic mass is 16.5. The summed E-state index contributed by atoms with van der Waals surface area (Å²) in [6.45, 7) is 2.59. The van der Waals surface area contributed by atoms with E-state index in [0.717, 1.165) is 29.7 Å². The molecule has 0 aromatic heterocycles. The molecule has 0 radical (unpaired) electrons. The van der Waals surface area contributed by atoms with Gasteiger partial charge in [-0.3, -0.25) is 14.4 Å². The monoisotopic (exact) mass is 406 g/mol. The van der Waals surface area contributed by atoms with E-state index in [9.17, 15) is 14.4 Å². The second kappa shape index (κ2) is 8.69. The van der Waals surface area contributed by atoms with Crippen molar-refractivity contribution < 1.29 is 19.1 Å². The molecule has 2 aromatic carbocycles. The van der Waals surface area contributed by atoms with Crippen molar-refractivity contribution in [2.24, 2.45) is 5.92 Å². The third-order valence-electron chi connectivity index (χ3n) is 5.99. The molecule has 1 saturated heterocycles. The van der Waals surface area contributed by atoms with E-state index in [1.165, 1.54) is 0 Å². The van der Waals surface area contributed by atoms with Crippen molar-refractivity contribution >= 4 is 23.5 Å². The molecular weight excluding hydrogens is 380 g/mol. The summed E-state index contributed by atoms with van der Waals surface area (Å²) in [7, 11) is 0. The van der Waals surface area contributed by atoms with E-state index in [2.05, 4.69) is 0 Å². The standard InChI is InChI=1S/C24H26N2O4/c1-17(18-8-3-2-4-9-18)26-15-20(14-22(26)27)24(29)30-16-23(28)25-13-7-11-19-10-5-6-12-21(19)25/h2-6,8-10,12,17,20H,7,11,13-16H2,1H3/t17-,20-/m1/s1. The van der Waals surface area contributed by atoms with Crippen molar-refractivity contribution in [3.05, 3.63) is 65.7 Å². The van der Waals surface area contributed by atoms with Crippen LogP contribution < -0.4 is 4.90 Å². The van der Waals surface area contributed by atoms with Crippen LogP contribution in [0.1, 0.15) is 36.9 Å². The molecule has 0 bridgehead atoms. The van der Waals surface area contributed by atoms with Crippen LogP contribution in [-0.2, 0) is 25.5 Å². The Balaban J connectivity index is 1.34. The number of hydrogen-bond acceptors (Lipinski definition) is 4. The highest BCUT2D eigenvalue weighted by molar-refractivity contribution is 5.96. The minimum absolute atomic E-state index is 0.0652. The number of anilines is 1. The fourth-order valence-corrected chi connectivity index (χ4v) is 4.30. The molecule has 1 fully saturated rings. The number of benzene rings is 2. The Morgan fingerprint density at radius 1 is 1.10 bits per heavy atom. The number of fused-ring (bicyclic) bond motifs is 1. The molecule has 2 aliphatic rings. The average Bonchev–Trinajstić information content (AvgIpc) is 3.18. The molecule has 30 heavy (non-hydrogen) atoms. The number of esters is 1. The summed E-state index contributed by atoms with van der Waals surface area (Å²) >= 11 is 0. The molecule has 2 aliphatic heterocycles.